The van der Waals surface area contributed by atoms with Gasteiger partial charge in [-0.25, -0.2) is 4.98 Å². The number of nitrogens with one attached hydrogen (secondary N) is 1. The van der Waals surface area contributed by atoms with Gasteiger partial charge in [-0.3, -0.25) is 4.98 Å². The number of methoxy groups -OCH3 is 1. The Morgan fingerprint density at radius 1 is 1.32 bits per heavy atom. The zero-order chi connectivity index (χ0) is 13.7. The van der Waals surface area contributed by atoms with E-state index in [4.69, 9.17) is 21.1 Å². The molecule has 0 radical (unpaired) electrons. The molecule has 0 bridgehead atoms. The molecule has 2 heterocycles. The average molecular weight is 281 g/mol. The molecule has 6 nitrogen and oxygen atoms in total. The van der Waals surface area contributed by atoms with Gasteiger partial charge in [-0.2, -0.15) is 4.98 Å². The molecule has 0 aliphatic rings. The standard InChI is InChI=1S/C12H13ClN4O2/c1-3-15-11-10(18-2)12(17-7-16-11)19-9-4-8(13)5-14-6-9/h4-7H,3H2,1-2H3,(H,15,16,17). The molecule has 0 saturated heterocycles. The maximum atomic E-state index is 5.85. The Kier molecular flexibility index (Phi) is 4.35. The summed E-state index contributed by atoms with van der Waals surface area (Å²) in [5.41, 5.74) is 0. The van der Waals surface area contributed by atoms with Crippen molar-refractivity contribution >= 4 is 17.4 Å². The van der Waals surface area contributed by atoms with Crippen LogP contribution in [0.5, 0.6) is 17.4 Å². The van der Waals surface area contributed by atoms with Crippen LogP contribution in [0.2, 0.25) is 5.02 Å². The van der Waals surface area contributed by atoms with Gasteiger partial charge in [0.25, 0.3) is 5.88 Å². The first-order valence-electron chi connectivity index (χ1n) is 5.65. The van der Waals surface area contributed by atoms with Crippen LogP contribution in [-0.2, 0) is 0 Å². The van der Waals surface area contributed by atoms with Crippen LogP contribution in [0.3, 0.4) is 0 Å². The molecule has 0 saturated carbocycles. The van der Waals surface area contributed by atoms with Crippen LogP contribution in [0.25, 0.3) is 0 Å². The molecule has 7 heteroatoms. The summed E-state index contributed by atoms with van der Waals surface area (Å²) in [6, 6.07) is 1.64. The molecule has 0 spiro atoms. The molecule has 0 atom stereocenters. The molecule has 0 aromatic carbocycles. The monoisotopic (exact) mass is 280 g/mol. The predicted octanol–water partition coefficient (Wildman–Crippen LogP) is 2.76. The van der Waals surface area contributed by atoms with E-state index in [2.05, 4.69) is 20.3 Å². The summed E-state index contributed by atoms with van der Waals surface area (Å²) in [4.78, 5) is 12.1. The normalized spacial score (nSPS) is 10.1. The number of anilines is 1. The van der Waals surface area contributed by atoms with Crippen molar-refractivity contribution in [2.75, 3.05) is 19.0 Å². The van der Waals surface area contributed by atoms with E-state index in [0.717, 1.165) is 0 Å². The van der Waals surface area contributed by atoms with Gasteiger partial charge < -0.3 is 14.8 Å². The van der Waals surface area contributed by atoms with E-state index in [9.17, 15) is 0 Å². The highest BCUT2D eigenvalue weighted by Gasteiger charge is 2.14. The summed E-state index contributed by atoms with van der Waals surface area (Å²) in [6.45, 7) is 2.68. The number of halogens is 1. The smallest absolute Gasteiger partial charge is 0.268 e. The van der Waals surface area contributed by atoms with E-state index < -0.39 is 0 Å². The second-order valence-electron chi connectivity index (χ2n) is 3.53. The quantitative estimate of drug-likeness (QED) is 0.908. The Labute approximate surface area is 115 Å². The number of ether oxygens (including phenoxy) is 2. The average Bonchev–Trinajstić information content (AvgIpc) is 2.39. The Morgan fingerprint density at radius 2 is 2.16 bits per heavy atom. The van der Waals surface area contributed by atoms with Gasteiger partial charge in [0.1, 0.15) is 12.1 Å². The van der Waals surface area contributed by atoms with Gasteiger partial charge in [0.15, 0.2) is 5.82 Å². The molecule has 2 aromatic rings. The minimum Gasteiger partial charge on any atom is -0.489 e. The van der Waals surface area contributed by atoms with Crippen molar-refractivity contribution in [3.63, 3.8) is 0 Å². The van der Waals surface area contributed by atoms with Gasteiger partial charge in [0, 0.05) is 18.8 Å². The summed E-state index contributed by atoms with van der Waals surface area (Å²) < 4.78 is 10.9. The lowest BCUT2D eigenvalue weighted by atomic mass is 10.4. The number of hydrogen-bond acceptors (Lipinski definition) is 6. The topological polar surface area (TPSA) is 69.2 Å². The van der Waals surface area contributed by atoms with Crippen LogP contribution in [0.1, 0.15) is 6.92 Å². The Hall–Kier alpha value is -2.08. The number of hydrogen-bond donors (Lipinski definition) is 1. The van der Waals surface area contributed by atoms with Crippen molar-refractivity contribution in [3.05, 3.63) is 29.8 Å². The first kappa shape index (κ1) is 13.4. The fourth-order valence-electron chi connectivity index (χ4n) is 1.47. The Morgan fingerprint density at radius 3 is 2.84 bits per heavy atom. The summed E-state index contributed by atoms with van der Waals surface area (Å²) in [5.74, 6) is 1.79. The van der Waals surface area contributed by atoms with Crippen molar-refractivity contribution in [1.82, 2.24) is 15.0 Å². The van der Waals surface area contributed by atoms with E-state index in [1.165, 1.54) is 19.6 Å². The highest BCUT2D eigenvalue weighted by Crippen LogP contribution is 2.34. The van der Waals surface area contributed by atoms with E-state index in [0.29, 0.717) is 34.8 Å². The number of aromatic nitrogens is 3. The minimum atomic E-state index is 0.303. The third-order valence-electron chi connectivity index (χ3n) is 2.21. The van der Waals surface area contributed by atoms with Crippen molar-refractivity contribution in [2.24, 2.45) is 0 Å². The van der Waals surface area contributed by atoms with E-state index >= 15 is 0 Å². The van der Waals surface area contributed by atoms with Crippen molar-refractivity contribution in [1.29, 1.82) is 0 Å². The van der Waals surface area contributed by atoms with Gasteiger partial charge >= 0.3 is 0 Å². The van der Waals surface area contributed by atoms with Crippen molar-refractivity contribution in [3.8, 4) is 17.4 Å². The first-order chi connectivity index (χ1) is 9.24. The van der Waals surface area contributed by atoms with Gasteiger partial charge in [-0.1, -0.05) is 11.6 Å². The number of rotatable bonds is 5. The maximum absolute atomic E-state index is 5.85. The SMILES string of the molecule is CCNc1ncnc(Oc2cncc(Cl)c2)c1OC. The lowest BCUT2D eigenvalue weighted by Crippen LogP contribution is -2.04. The Balaban J connectivity index is 2.31. The maximum Gasteiger partial charge on any atom is 0.268 e. The summed E-state index contributed by atoms with van der Waals surface area (Å²) in [6.07, 6.45) is 4.46. The van der Waals surface area contributed by atoms with E-state index in [1.54, 1.807) is 12.3 Å². The second kappa shape index (κ2) is 6.19. The molecule has 2 rings (SSSR count). The van der Waals surface area contributed by atoms with Crippen LogP contribution in [-0.4, -0.2) is 28.6 Å². The number of nitrogens with zero attached hydrogens (tertiary/aromatic N) is 3. The van der Waals surface area contributed by atoms with Gasteiger partial charge in [-0.15, -0.1) is 0 Å². The molecule has 0 amide bonds. The highest BCUT2D eigenvalue weighted by atomic mass is 35.5. The molecular weight excluding hydrogens is 268 g/mol. The van der Waals surface area contributed by atoms with Crippen molar-refractivity contribution in [2.45, 2.75) is 6.92 Å². The van der Waals surface area contributed by atoms with Crippen molar-refractivity contribution < 1.29 is 9.47 Å². The summed E-state index contributed by atoms with van der Waals surface area (Å²) >= 11 is 5.85. The number of pyridine rings is 1. The molecular formula is C12H13ClN4O2. The summed E-state index contributed by atoms with van der Waals surface area (Å²) in [7, 11) is 1.53. The van der Waals surface area contributed by atoms with Crippen LogP contribution >= 0.6 is 11.6 Å². The zero-order valence-corrected chi connectivity index (χ0v) is 11.3. The van der Waals surface area contributed by atoms with E-state index in [-0.39, 0.29) is 0 Å². The lowest BCUT2D eigenvalue weighted by molar-refractivity contribution is 0.368. The van der Waals surface area contributed by atoms with Crippen LogP contribution in [0.4, 0.5) is 5.82 Å². The van der Waals surface area contributed by atoms with Gasteiger partial charge in [0.2, 0.25) is 5.75 Å². The van der Waals surface area contributed by atoms with Gasteiger partial charge in [0.05, 0.1) is 18.3 Å². The molecule has 19 heavy (non-hydrogen) atoms. The van der Waals surface area contributed by atoms with Crippen LogP contribution in [0.15, 0.2) is 24.8 Å². The fraction of sp³-hybridized carbons (Fsp3) is 0.250. The van der Waals surface area contributed by atoms with Crippen LogP contribution in [0, 0.1) is 0 Å². The zero-order valence-electron chi connectivity index (χ0n) is 10.6. The molecule has 2 aromatic heterocycles. The predicted molar refractivity (Wildman–Crippen MR) is 72.1 cm³/mol. The van der Waals surface area contributed by atoms with Crippen LogP contribution < -0.4 is 14.8 Å². The summed E-state index contributed by atoms with van der Waals surface area (Å²) in [5, 5.41) is 3.55. The van der Waals surface area contributed by atoms with E-state index in [1.807, 2.05) is 6.92 Å². The minimum absolute atomic E-state index is 0.303. The second-order valence-corrected chi connectivity index (χ2v) is 3.97. The Bertz CT molecular complexity index is 565. The highest BCUT2D eigenvalue weighted by molar-refractivity contribution is 6.30. The molecule has 100 valence electrons. The molecule has 0 unspecified atom stereocenters. The molecule has 1 N–H and O–H groups in total. The lowest BCUT2D eigenvalue weighted by Gasteiger charge is -2.12. The molecule has 0 aliphatic heterocycles. The fourth-order valence-corrected chi connectivity index (χ4v) is 1.63. The third kappa shape index (κ3) is 3.23. The first-order valence-corrected chi connectivity index (χ1v) is 6.03. The largest absolute Gasteiger partial charge is 0.489 e. The third-order valence-corrected chi connectivity index (χ3v) is 2.42. The molecule has 0 fully saturated rings. The molecule has 0 aliphatic carbocycles. The van der Waals surface area contributed by atoms with Gasteiger partial charge in [-0.05, 0) is 6.92 Å².